The largest absolute Gasteiger partial charge is 0.444 e. The maximum absolute atomic E-state index is 11.7. The Morgan fingerprint density at radius 3 is 2.27 bits per heavy atom. The monoisotopic (exact) mass is 211 g/mol. The van der Waals surface area contributed by atoms with Gasteiger partial charge in [0.05, 0.1) is 0 Å². The van der Waals surface area contributed by atoms with E-state index in [2.05, 4.69) is 0 Å². The van der Waals surface area contributed by atoms with Gasteiger partial charge in [0.1, 0.15) is 5.60 Å². The third kappa shape index (κ3) is 2.27. The molecule has 3 heteroatoms. The molecule has 1 amide bonds. The van der Waals surface area contributed by atoms with Gasteiger partial charge in [0.25, 0.3) is 0 Å². The zero-order valence-corrected chi connectivity index (χ0v) is 10.2. The minimum atomic E-state index is -0.383. The van der Waals surface area contributed by atoms with E-state index < -0.39 is 0 Å². The second-order valence-corrected chi connectivity index (χ2v) is 6.15. The summed E-state index contributed by atoms with van der Waals surface area (Å²) in [6.07, 6.45) is 4.92. The molecule has 0 aromatic carbocycles. The highest BCUT2D eigenvalue weighted by Crippen LogP contribution is 2.61. The van der Waals surface area contributed by atoms with Gasteiger partial charge < -0.3 is 9.64 Å². The summed E-state index contributed by atoms with van der Waals surface area (Å²) in [5.74, 6) is 0. The summed E-state index contributed by atoms with van der Waals surface area (Å²) >= 11 is 0. The summed E-state index contributed by atoms with van der Waals surface area (Å²) in [7, 11) is 1.86. The molecule has 1 spiro atoms. The molecule has 2 rings (SSSR count). The molecule has 2 aliphatic carbocycles. The molecular formula is C12H21NO2. The Hall–Kier alpha value is -0.730. The Balaban J connectivity index is 1.80. The Labute approximate surface area is 91.8 Å². The molecule has 0 bridgehead atoms. The third-order valence-corrected chi connectivity index (χ3v) is 3.52. The van der Waals surface area contributed by atoms with Crippen molar-refractivity contribution < 1.29 is 9.53 Å². The normalized spacial score (nSPS) is 23.5. The van der Waals surface area contributed by atoms with E-state index in [9.17, 15) is 4.79 Å². The van der Waals surface area contributed by atoms with Gasteiger partial charge in [-0.3, -0.25) is 0 Å². The van der Waals surface area contributed by atoms with Crippen molar-refractivity contribution in [3.63, 3.8) is 0 Å². The van der Waals surface area contributed by atoms with E-state index in [1.165, 1.54) is 25.7 Å². The van der Waals surface area contributed by atoms with Crippen molar-refractivity contribution >= 4 is 6.09 Å². The van der Waals surface area contributed by atoms with Crippen LogP contribution >= 0.6 is 0 Å². The minimum Gasteiger partial charge on any atom is -0.444 e. The molecule has 0 aromatic rings. The Morgan fingerprint density at radius 1 is 1.33 bits per heavy atom. The average Bonchev–Trinajstić information content (AvgIpc) is 2.75. The van der Waals surface area contributed by atoms with Crippen LogP contribution in [0.2, 0.25) is 0 Å². The van der Waals surface area contributed by atoms with Gasteiger partial charge in [-0.15, -0.1) is 0 Å². The number of nitrogens with zero attached hydrogens (tertiary/aromatic N) is 1. The highest BCUT2D eigenvalue weighted by Gasteiger charge is 2.54. The van der Waals surface area contributed by atoms with Crippen molar-refractivity contribution in [2.45, 2.75) is 58.1 Å². The first kappa shape index (κ1) is 10.8. The van der Waals surface area contributed by atoms with E-state index in [-0.39, 0.29) is 11.7 Å². The number of rotatable bonds is 1. The van der Waals surface area contributed by atoms with Gasteiger partial charge in [-0.25, -0.2) is 4.79 Å². The molecule has 0 aliphatic heterocycles. The molecule has 0 aromatic heterocycles. The Kier molecular flexibility index (Phi) is 2.25. The number of carbonyl (C=O) groups is 1. The zero-order valence-electron chi connectivity index (χ0n) is 10.2. The summed E-state index contributed by atoms with van der Waals surface area (Å²) in [4.78, 5) is 13.5. The van der Waals surface area contributed by atoms with E-state index in [1.807, 2.05) is 27.8 Å². The molecule has 2 saturated carbocycles. The van der Waals surface area contributed by atoms with E-state index in [4.69, 9.17) is 4.74 Å². The Morgan fingerprint density at radius 2 is 1.87 bits per heavy atom. The molecular weight excluding hydrogens is 190 g/mol. The van der Waals surface area contributed by atoms with Crippen LogP contribution in [0.1, 0.15) is 46.5 Å². The fraction of sp³-hybridized carbons (Fsp3) is 0.917. The van der Waals surface area contributed by atoms with Crippen molar-refractivity contribution in [1.29, 1.82) is 0 Å². The fourth-order valence-electron chi connectivity index (χ4n) is 2.28. The molecule has 0 atom stereocenters. The van der Waals surface area contributed by atoms with E-state index in [1.54, 1.807) is 4.90 Å². The zero-order chi connectivity index (χ0) is 11.3. The van der Waals surface area contributed by atoms with Gasteiger partial charge in [0, 0.05) is 13.1 Å². The van der Waals surface area contributed by atoms with Crippen LogP contribution < -0.4 is 0 Å². The second kappa shape index (κ2) is 3.13. The summed E-state index contributed by atoms with van der Waals surface area (Å²) in [6, 6.07) is 0.419. The molecule has 86 valence electrons. The number of amides is 1. The summed E-state index contributed by atoms with van der Waals surface area (Å²) in [6.45, 7) is 5.71. The van der Waals surface area contributed by atoms with Gasteiger partial charge >= 0.3 is 6.09 Å². The van der Waals surface area contributed by atoms with Crippen LogP contribution in [0.5, 0.6) is 0 Å². The topological polar surface area (TPSA) is 29.5 Å². The standard InChI is InChI=1S/C12H21NO2/c1-11(2,3)15-10(14)13(4)9-7-12(8-9)5-6-12/h9H,5-8H2,1-4H3. The van der Waals surface area contributed by atoms with Crippen LogP contribution in [0, 0.1) is 5.41 Å². The third-order valence-electron chi connectivity index (χ3n) is 3.52. The molecule has 0 saturated heterocycles. The first-order chi connectivity index (χ1) is 6.81. The van der Waals surface area contributed by atoms with Gasteiger partial charge in [0.2, 0.25) is 0 Å². The molecule has 0 unspecified atom stereocenters. The van der Waals surface area contributed by atoms with E-state index in [0.717, 1.165) is 0 Å². The van der Waals surface area contributed by atoms with Crippen molar-refractivity contribution in [1.82, 2.24) is 4.90 Å². The Bertz CT molecular complexity index is 268. The molecule has 0 heterocycles. The summed E-state index contributed by atoms with van der Waals surface area (Å²) < 4.78 is 5.33. The van der Waals surface area contributed by atoms with Gasteiger partial charge in [-0.1, -0.05) is 0 Å². The SMILES string of the molecule is CN(C(=O)OC(C)(C)C)C1CC2(CC2)C1. The molecule has 15 heavy (non-hydrogen) atoms. The summed E-state index contributed by atoms with van der Waals surface area (Å²) in [5, 5.41) is 0. The first-order valence-electron chi connectivity index (χ1n) is 5.77. The number of ether oxygens (including phenoxy) is 1. The van der Waals surface area contributed by atoms with Crippen molar-refractivity contribution in [3.05, 3.63) is 0 Å². The lowest BCUT2D eigenvalue weighted by atomic mass is 9.76. The smallest absolute Gasteiger partial charge is 0.410 e. The lowest BCUT2D eigenvalue weighted by Crippen LogP contribution is -2.48. The van der Waals surface area contributed by atoms with E-state index in [0.29, 0.717) is 11.5 Å². The predicted molar refractivity (Wildman–Crippen MR) is 58.7 cm³/mol. The first-order valence-corrected chi connectivity index (χ1v) is 5.77. The van der Waals surface area contributed by atoms with E-state index >= 15 is 0 Å². The van der Waals surface area contributed by atoms with Gasteiger partial charge in [-0.05, 0) is 51.9 Å². The molecule has 2 aliphatic rings. The lowest BCUT2D eigenvalue weighted by Gasteiger charge is -2.42. The van der Waals surface area contributed by atoms with Crippen LogP contribution in [0.15, 0.2) is 0 Å². The maximum atomic E-state index is 11.7. The number of hydrogen-bond acceptors (Lipinski definition) is 2. The van der Waals surface area contributed by atoms with Crippen molar-refractivity contribution in [3.8, 4) is 0 Å². The van der Waals surface area contributed by atoms with Crippen LogP contribution in [-0.4, -0.2) is 29.7 Å². The second-order valence-electron chi connectivity index (χ2n) is 6.15. The average molecular weight is 211 g/mol. The van der Waals surface area contributed by atoms with Gasteiger partial charge in [0.15, 0.2) is 0 Å². The molecule has 3 nitrogen and oxygen atoms in total. The minimum absolute atomic E-state index is 0.178. The van der Waals surface area contributed by atoms with Crippen LogP contribution in [-0.2, 0) is 4.74 Å². The van der Waals surface area contributed by atoms with Crippen molar-refractivity contribution in [2.24, 2.45) is 5.41 Å². The van der Waals surface area contributed by atoms with Crippen molar-refractivity contribution in [2.75, 3.05) is 7.05 Å². The number of hydrogen-bond donors (Lipinski definition) is 0. The summed E-state index contributed by atoms with van der Waals surface area (Å²) in [5.41, 5.74) is 0.257. The lowest BCUT2D eigenvalue weighted by molar-refractivity contribution is 0.00355. The highest BCUT2D eigenvalue weighted by atomic mass is 16.6. The quantitative estimate of drug-likeness (QED) is 0.667. The molecule has 2 fully saturated rings. The van der Waals surface area contributed by atoms with Crippen LogP contribution in [0.25, 0.3) is 0 Å². The molecule has 0 N–H and O–H groups in total. The van der Waals surface area contributed by atoms with Gasteiger partial charge in [-0.2, -0.15) is 0 Å². The van der Waals surface area contributed by atoms with Crippen LogP contribution in [0.3, 0.4) is 0 Å². The number of carbonyl (C=O) groups excluding carboxylic acids is 1. The predicted octanol–water partition coefficient (Wildman–Crippen LogP) is 2.80. The maximum Gasteiger partial charge on any atom is 0.410 e. The van der Waals surface area contributed by atoms with Crippen LogP contribution in [0.4, 0.5) is 4.79 Å². The molecule has 0 radical (unpaired) electrons. The fourth-order valence-corrected chi connectivity index (χ4v) is 2.28. The highest BCUT2D eigenvalue weighted by molar-refractivity contribution is 5.68.